The first-order valence-corrected chi connectivity index (χ1v) is 26.1. The van der Waals surface area contributed by atoms with Crippen molar-refractivity contribution in [2.45, 2.75) is 52.4 Å². The van der Waals surface area contributed by atoms with Crippen molar-refractivity contribution >= 4 is 132 Å². The number of aromatic nitrogens is 2. The van der Waals surface area contributed by atoms with E-state index in [0.29, 0.717) is 0 Å². The van der Waals surface area contributed by atoms with E-state index in [1.807, 2.05) is 0 Å². The first-order valence-electron chi connectivity index (χ1n) is 26.1. The Morgan fingerprint density at radius 3 is 1.23 bits per heavy atom. The summed E-state index contributed by atoms with van der Waals surface area (Å²) >= 11 is 0. The van der Waals surface area contributed by atoms with Crippen molar-refractivity contribution in [3.05, 3.63) is 230 Å². The standard InChI is InChI=1S/C70H54N4/c1-69(2,3)45-39-54-53-37-44-24-20-22-34-52(44)67(72(49-29-15-9-16-30-49)50-31-17-10-18-32-50)68(53)73-58-35-36-59-62(63(58)57(40-45)64(54)73)55-38-43-23-19-21-33-51(43)61-56-41-46(70(4,5)6)42-60(65(56)74(59)66(55)61)71(47-25-11-7-12-26-47)48-27-13-8-14-28-48/h7-42H,1-6H3. The maximum atomic E-state index is 2.64. The summed E-state index contributed by atoms with van der Waals surface area (Å²) in [5.41, 5.74) is 16.6. The van der Waals surface area contributed by atoms with Crippen molar-refractivity contribution in [3.8, 4) is 0 Å². The molecule has 0 fully saturated rings. The van der Waals surface area contributed by atoms with Crippen LogP contribution in [0, 0.1) is 0 Å². The fourth-order valence-electron chi connectivity index (χ4n) is 12.7. The number of hydrogen-bond donors (Lipinski definition) is 0. The Labute approximate surface area is 430 Å². The summed E-state index contributed by atoms with van der Waals surface area (Å²) in [6, 6.07) is 81.6. The zero-order valence-corrected chi connectivity index (χ0v) is 42.6. The predicted molar refractivity (Wildman–Crippen MR) is 318 cm³/mol. The molecule has 4 heteroatoms. The molecule has 0 aliphatic carbocycles. The van der Waals surface area contributed by atoms with E-state index in [1.165, 1.54) is 115 Å². The number of fused-ring (bicyclic) bond motifs is 16. The molecule has 15 rings (SSSR count). The molecule has 0 saturated heterocycles. The molecule has 0 aliphatic rings. The molecule has 4 aromatic heterocycles. The molecule has 0 atom stereocenters. The van der Waals surface area contributed by atoms with Gasteiger partial charge in [-0.25, -0.2) is 0 Å². The summed E-state index contributed by atoms with van der Waals surface area (Å²) in [6.07, 6.45) is 0. The van der Waals surface area contributed by atoms with Crippen LogP contribution in [0.2, 0.25) is 0 Å². The lowest BCUT2D eigenvalue weighted by Crippen LogP contribution is -2.15. The minimum Gasteiger partial charge on any atom is -0.308 e. The topological polar surface area (TPSA) is 15.3 Å². The number of anilines is 6. The number of benzene rings is 11. The molecule has 0 radical (unpaired) electrons. The Morgan fingerprint density at radius 2 is 0.689 bits per heavy atom. The highest BCUT2D eigenvalue weighted by molar-refractivity contribution is 6.40. The molecule has 11 aromatic carbocycles. The maximum absolute atomic E-state index is 2.64. The second-order valence-electron chi connectivity index (χ2n) is 22.6. The molecule has 74 heavy (non-hydrogen) atoms. The van der Waals surface area contributed by atoms with Crippen LogP contribution >= 0.6 is 0 Å². The molecule has 0 spiro atoms. The lowest BCUT2D eigenvalue weighted by atomic mass is 9.85. The number of para-hydroxylation sites is 4. The number of rotatable bonds is 6. The van der Waals surface area contributed by atoms with Gasteiger partial charge in [0.05, 0.1) is 44.5 Å². The molecule has 0 unspecified atom stereocenters. The van der Waals surface area contributed by atoms with E-state index < -0.39 is 0 Å². The molecular formula is C70H54N4. The van der Waals surface area contributed by atoms with Crippen LogP contribution in [0.1, 0.15) is 52.7 Å². The summed E-state index contributed by atoms with van der Waals surface area (Å²) in [5.74, 6) is 0. The fourth-order valence-corrected chi connectivity index (χ4v) is 12.7. The predicted octanol–water partition coefficient (Wildman–Crippen LogP) is 19.8. The van der Waals surface area contributed by atoms with Crippen LogP contribution in [-0.4, -0.2) is 8.80 Å². The van der Waals surface area contributed by atoms with Crippen molar-refractivity contribution in [1.82, 2.24) is 8.80 Å². The van der Waals surface area contributed by atoms with Crippen molar-refractivity contribution in [2.24, 2.45) is 0 Å². The number of nitrogens with zero attached hydrogens (tertiary/aromatic N) is 4. The van der Waals surface area contributed by atoms with Gasteiger partial charge in [0.1, 0.15) is 0 Å². The normalized spacial score (nSPS) is 12.7. The van der Waals surface area contributed by atoms with Crippen LogP contribution < -0.4 is 9.80 Å². The van der Waals surface area contributed by atoms with E-state index in [1.54, 1.807) is 0 Å². The van der Waals surface area contributed by atoms with Crippen molar-refractivity contribution in [1.29, 1.82) is 0 Å². The van der Waals surface area contributed by atoms with Crippen LogP contribution in [0.5, 0.6) is 0 Å². The largest absolute Gasteiger partial charge is 0.308 e. The SMILES string of the molecule is CC(C)(C)c1cc(N(c2ccccc2)c2ccccc2)c2c(c1)c1c3ccccc3cc3c4c5c6cc(C(C)(C)C)cc7c8cc9ccccc9c(N(c9ccccc9)c9ccccc9)c8n(c5ccc4n2c31)c76. The van der Waals surface area contributed by atoms with Gasteiger partial charge in [-0.05, 0) is 135 Å². The van der Waals surface area contributed by atoms with Crippen molar-refractivity contribution in [2.75, 3.05) is 9.80 Å². The van der Waals surface area contributed by atoms with Crippen molar-refractivity contribution in [3.63, 3.8) is 0 Å². The smallest absolute Gasteiger partial charge is 0.0789 e. The van der Waals surface area contributed by atoms with Crippen LogP contribution in [0.3, 0.4) is 0 Å². The summed E-state index contributed by atoms with van der Waals surface area (Å²) < 4.78 is 5.28. The van der Waals surface area contributed by atoms with Gasteiger partial charge in [-0.2, -0.15) is 0 Å². The molecule has 15 aromatic rings. The van der Waals surface area contributed by atoms with Gasteiger partial charge in [-0.3, -0.25) is 0 Å². The Kier molecular flexibility index (Phi) is 8.87. The highest BCUT2D eigenvalue weighted by Gasteiger charge is 2.32. The van der Waals surface area contributed by atoms with Crippen molar-refractivity contribution < 1.29 is 0 Å². The monoisotopic (exact) mass is 950 g/mol. The maximum Gasteiger partial charge on any atom is 0.0789 e. The second kappa shape index (κ2) is 15.3. The minimum atomic E-state index is -0.118. The van der Waals surface area contributed by atoms with E-state index in [0.717, 1.165) is 28.4 Å². The summed E-state index contributed by atoms with van der Waals surface area (Å²) in [5, 5.41) is 15.2. The highest BCUT2D eigenvalue weighted by atomic mass is 15.2. The zero-order valence-electron chi connectivity index (χ0n) is 42.6. The second-order valence-corrected chi connectivity index (χ2v) is 22.6. The molecule has 0 N–H and O–H groups in total. The minimum absolute atomic E-state index is 0.116. The quantitative estimate of drug-likeness (QED) is 0.165. The Bertz CT molecular complexity index is 4630. The molecule has 0 bridgehead atoms. The van der Waals surface area contributed by atoms with E-state index >= 15 is 0 Å². The van der Waals surface area contributed by atoms with Gasteiger partial charge in [-0.15, -0.1) is 0 Å². The van der Waals surface area contributed by atoms with Gasteiger partial charge in [0.15, 0.2) is 0 Å². The molecule has 0 amide bonds. The Morgan fingerprint density at radius 1 is 0.297 bits per heavy atom. The molecule has 0 saturated carbocycles. The third-order valence-electron chi connectivity index (χ3n) is 16.1. The number of hydrogen-bond acceptors (Lipinski definition) is 2. The van der Waals surface area contributed by atoms with Gasteiger partial charge < -0.3 is 18.6 Å². The lowest BCUT2D eigenvalue weighted by Gasteiger charge is -2.29. The Balaban J connectivity index is 1.18. The van der Waals surface area contributed by atoms with Gasteiger partial charge in [0.2, 0.25) is 0 Å². The van der Waals surface area contributed by atoms with Gasteiger partial charge >= 0.3 is 0 Å². The average molecular weight is 951 g/mol. The van der Waals surface area contributed by atoms with Crippen LogP contribution in [0.15, 0.2) is 218 Å². The first kappa shape index (κ1) is 42.8. The molecular weight excluding hydrogens is 897 g/mol. The van der Waals surface area contributed by atoms with Crippen LogP contribution in [0.25, 0.3) is 97.7 Å². The van der Waals surface area contributed by atoms with E-state index in [4.69, 9.17) is 0 Å². The fraction of sp³-hybridized carbons (Fsp3) is 0.114. The lowest BCUT2D eigenvalue weighted by molar-refractivity contribution is 0.591. The molecule has 354 valence electrons. The van der Waals surface area contributed by atoms with E-state index in [-0.39, 0.29) is 10.8 Å². The molecule has 0 aliphatic heterocycles. The third kappa shape index (κ3) is 5.97. The Hall–Kier alpha value is -8.86. The zero-order chi connectivity index (χ0) is 49.8. The molecule has 4 nitrogen and oxygen atoms in total. The summed E-state index contributed by atoms with van der Waals surface area (Å²) in [7, 11) is 0. The first-order chi connectivity index (χ1) is 36.0. The van der Waals surface area contributed by atoms with Crippen LogP contribution in [0.4, 0.5) is 34.1 Å². The average Bonchev–Trinajstić information content (AvgIpc) is 4.19. The summed E-state index contributed by atoms with van der Waals surface area (Å²) in [6.45, 7) is 14.1. The van der Waals surface area contributed by atoms with Crippen LogP contribution in [-0.2, 0) is 10.8 Å². The van der Waals surface area contributed by atoms with Gasteiger partial charge in [-0.1, -0.05) is 163 Å². The third-order valence-corrected chi connectivity index (χ3v) is 16.1. The highest BCUT2D eigenvalue weighted by Crippen LogP contribution is 2.54. The van der Waals surface area contributed by atoms with E-state index in [9.17, 15) is 0 Å². The van der Waals surface area contributed by atoms with Gasteiger partial charge in [0.25, 0.3) is 0 Å². The summed E-state index contributed by atoms with van der Waals surface area (Å²) in [4.78, 5) is 4.98. The molecule has 4 heterocycles. The van der Waals surface area contributed by atoms with E-state index in [2.05, 4.69) is 279 Å². The van der Waals surface area contributed by atoms with Gasteiger partial charge in [0, 0.05) is 71.2 Å².